The van der Waals surface area contributed by atoms with Crippen LogP contribution in [0.25, 0.3) is 0 Å². The SMILES string of the molecule is Cc1cc(NC(=S)Nc2ccn(Cc3c(F)cccc3Cl)n2)nn1Cc1ccccc1Cl. The third-order valence-corrected chi connectivity index (χ3v) is 5.69. The molecule has 10 heteroatoms. The summed E-state index contributed by atoms with van der Waals surface area (Å²) in [6.45, 7) is 2.72. The Bertz CT molecular complexity index is 1250. The minimum absolute atomic E-state index is 0.207. The van der Waals surface area contributed by atoms with Gasteiger partial charge in [0.2, 0.25) is 0 Å². The summed E-state index contributed by atoms with van der Waals surface area (Å²) in [7, 11) is 0. The maximum atomic E-state index is 14.0. The first-order valence-corrected chi connectivity index (χ1v) is 10.9. The van der Waals surface area contributed by atoms with Crippen molar-refractivity contribution in [3.8, 4) is 0 Å². The molecule has 2 heterocycles. The van der Waals surface area contributed by atoms with E-state index in [1.54, 1.807) is 29.1 Å². The molecule has 6 nitrogen and oxygen atoms in total. The Kier molecular flexibility index (Phi) is 6.74. The molecule has 0 saturated carbocycles. The molecule has 32 heavy (non-hydrogen) atoms. The van der Waals surface area contributed by atoms with Gasteiger partial charge < -0.3 is 10.6 Å². The van der Waals surface area contributed by atoms with Crippen LogP contribution in [-0.2, 0) is 13.1 Å². The number of halogens is 3. The highest BCUT2D eigenvalue weighted by molar-refractivity contribution is 7.80. The van der Waals surface area contributed by atoms with E-state index in [1.165, 1.54) is 6.07 Å². The Hall–Kier alpha value is -2.94. The summed E-state index contributed by atoms with van der Waals surface area (Å²) in [5, 5.41) is 16.4. The quantitative estimate of drug-likeness (QED) is 0.339. The van der Waals surface area contributed by atoms with Crippen LogP contribution in [-0.4, -0.2) is 24.7 Å². The highest BCUT2D eigenvalue weighted by Gasteiger charge is 2.11. The molecule has 0 radical (unpaired) electrons. The summed E-state index contributed by atoms with van der Waals surface area (Å²) in [6.07, 6.45) is 1.72. The number of aromatic nitrogens is 4. The minimum Gasteiger partial charge on any atom is -0.316 e. The number of nitrogens with zero attached hydrogens (tertiary/aromatic N) is 4. The van der Waals surface area contributed by atoms with Gasteiger partial charge in [0.1, 0.15) is 5.82 Å². The summed E-state index contributed by atoms with van der Waals surface area (Å²) < 4.78 is 17.4. The highest BCUT2D eigenvalue weighted by atomic mass is 35.5. The Labute approximate surface area is 200 Å². The normalized spacial score (nSPS) is 10.9. The Morgan fingerprint density at radius 2 is 1.72 bits per heavy atom. The highest BCUT2D eigenvalue weighted by Crippen LogP contribution is 2.21. The van der Waals surface area contributed by atoms with Gasteiger partial charge >= 0.3 is 0 Å². The summed E-state index contributed by atoms with van der Waals surface area (Å²) in [5.74, 6) is 0.745. The van der Waals surface area contributed by atoms with E-state index in [0.717, 1.165) is 11.3 Å². The van der Waals surface area contributed by atoms with Gasteiger partial charge in [-0.05, 0) is 42.9 Å². The van der Waals surface area contributed by atoms with E-state index in [-0.39, 0.29) is 12.4 Å². The number of thiocarbonyl (C=S) groups is 1. The van der Waals surface area contributed by atoms with Crippen LogP contribution in [0.3, 0.4) is 0 Å². The fourth-order valence-electron chi connectivity index (χ4n) is 3.14. The zero-order chi connectivity index (χ0) is 22.7. The van der Waals surface area contributed by atoms with Gasteiger partial charge in [0, 0.05) is 39.6 Å². The second-order valence-corrected chi connectivity index (χ2v) is 8.32. The molecule has 4 rings (SSSR count). The van der Waals surface area contributed by atoms with E-state index in [2.05, 4.69) is 20.8 Å². The van der Waals surface area contributed by atoms with Crippen LogP contribution in [0.5, 0.6) is 0 Å². The van der Waals surface area contributed by atoms with Gasteiger partial charge in [-0.25, -0.2) is 4.39 Å². The zero-order valence-corrected chi connectivity index (χ0v) is 19.3. The maximum absolute atomic E-state index is 14.0. The van der Waals surface area contributed by atoms with Gasteiger partial charge in [0.05, 0.1) is 13.1 Å². The lowest BCUT2D eigenvalue weighted by Crippen LogP contribution is -2.20. The third-order valence-electron chi connectivity index (χ3n) is 4.76. The molecule has 0 amide bonds. The molecule has 0 aliphatic carbocycles. The third kappa shape index (κ3) is 5.27. The molecule has 0 fully saturated rings. The standard InChI is InChI=1S/C22H19Cl2FN6S/c1-14-11-21(29-31(14)12-15-5-2-3-6-17(15)23)27-22(32)26-20-9-10-30(28-20)13-16-18(24)7-4-8-19(16)25/h2-11H,12-13H2,1H3,(H2,26,27,28,29,32). The van der Waals surface area contributed by atoms with Crippen LogP contribution in [0.2, 0.25) is 10.0 Å². The van der Waals surface area contributed by atoms with Gasteiger partial charge in [0.15, 0.2) is 16.7 Å². The topological polar surface area (TPSA) is 59.7 Å². The van der Waals surface area contributed by atoms with Crippen molar-refractivity contribution in [1.29, 1.82) is 0 Å². The second-order valence-electron chi connectivity index (χ2n) is 7.10. The van der Waals surface area contributed by atoms with Gasteiger partial charge in [-0.1, -0.05) is 47.5 Å². The molecular formula is C22H19Cl2FN6S. The Morgan fingerprint density at radius 3 is 2.50 bits per heavy atom. The molecule has 164 valence electrons. The van der Waals surface area contributed by atoms with Crippen LogP contribution in [0.1, 0.15) is 16.8 Å². The number of hydrogen-bond acceptors (Lipinski definition) is 3. The van der Waals surface area contributed by atoms with Crippen molar-refractivity contribution < 1.29 is 4.39 Å². The predicted octanol–water partition coefficient (Wildman–Crippen LogP) is 5.74. The summed E-state index contributed by atoms with van der Waals surface area (Å²) in [6, 6.07) is 15.9. The molecule has 0 bridgehead atoms. The largest absolute Gasteiger partial charge is 0.316 e. The number of hydrogen-bond donors (Lipinski definition) is 2. The van der Waals surface area contributed by atoms with E-state index in [9.17, 15) is 4.39 Å². The molecule has 0 aliphatic rings. The summed E-state index contributed by atoms with van der Waals surface area (Å²) in [4.78, 5) is 0. The predicted molar refractivity (Wildman–Crippen MR) is 130 cm³/mol. The van der Waals surface area contributed by atoms with Crippen molar-refractivity contribution in [2.75, 3.05) is 10.6 Å². The van der Waals surface area contributed by atoms with Crippen LogP contribution in [0.15, 0.2) is 60.8 Å². The van der Waals surface area contributed by atoms with Crippen LogP contribution < -0.4 is 10.6 Å². The molecule has 2 aromatic heterocycles. The van der Waals surface area contributed by atoms with E-state index >= 15 is 0 Å². The summed E-state index contributed by atoms with van der Waals surface area (Å²) in [5.41, 5.74) is 2.32. The number of nitrogens with one attached hydrogen (secondary N) is 2. The molecule has 2 aromatic carbocycles. The first-order chi connectivity index (χ1) is 15.4. The monoisotopic (exact) mass is 488 g/mol. The molecule has 4 aromatic rings. The Morgan fingerprint density at radius 1 is 0.969 bits per heavy atom. The van der Waals surface area contributed by atoms with Crippen LogP contribution in [0.4, 0.5) is 16.0 Å². The second kappa shape index (κ2) is 9.68. The van der Waals surface area contributed by atoms with Crippen molar-refractivity contribution in [3.05, 3.63) is 93.5 Å². The molecular weight excluding hydrogens is 470 g/mol. The maximum Gasteiger partial charge on any atom is 0.177 e. The average Bonchev–Trinajstić information content (AvgIpc) is 3.32. The van der Waals surface area contributed by atoms with Crippen LogP contribution in [0, 0.1) is 12.7 Å². The van der Waals surface area contributed by atoms with Crippen molar-refractivity contribution in [2.45, 2.75) is 20.0 Å². The van der Waals surface area contributed by atoms with Crippen molar-refractivity contribution in [2.24, 2.45) is 0 Å². The molecule has 2 N–H and O–H groups in total. The average molecular weight is 489 g/mol. The van der Waals surface area contributed by atoms with Crippen molar-refractivity contribution in [1.82, 2.24) is 19.6 Å². The van der Waals surface area contributed by atoms with Gasteiger partial charge in [0.25, 0.3) is 0 Å². The van der Waals surface area contributed by atoms with Gasteiger partial charge in [-0.15, -0.1) is 0 Å². The first kappa shape index (κ1) is 22.3. The molecule has 0 aliphatic heterocycles. The van der Waals surface area contributed by atoms with Gasteiger partial charge in [-0.2, -0.15) is 10.2 Å². The summed E-state index contributed by atoms with van der Waals surface area (Å²) >= 11 is 17.7. The molecule has 0 unspecified atom stereocenters. The zero-order valence-electron chi connectivity index (χ0n) is 17.0. The molecule has 0 atom stereocenters. The van der Waals surface area contributed by atoms with Crippen molar-refractivity contribution in [3.63, 3.8) is 0 Å². The smallest absolute Gasteiger partial charge is 0.177 e. The molecule has 0 saturated heterocycles. The van der Waals surface area contributed by atoms with E-state index in [1.807, 2.05) is 41.9 Å². The lowest BCUT2D eigenvalue weighted by molar-refractivity contribution is 0.586. The lowest BCUT2D eigenvalue weighted by Gasteiger charge is -2.08. The molecule has 0 spiro atoms. The van der Waals surface area contributed by atoms with Crippen LogP contribution >= 0.6 is 35.4 Å². The first-order valence-electron chi connectivity index (χ1n) is 9.71. The van der Waals surface area contributed by atoms with Crippen molar-refractivity contribution >= 4 is 52.2 Å². The fraction of sp³-hybridized carbons (Fsp3) is 0.136. The lowest BCUT2D eigenvalue weighted by atomic mass is 10.2. The fourth-order valence-corrected chi connectivity index (χ4v) is 3.77. The minimum atomic E-state index is -0.373. The number of anilines is 2. The number of rotatable bonds is 6. The van der Waals surface area contributed by atoms with Gasteiger partial charge in [-0.3, -0.25) is 9.36 Å². The van der Waals surface area contributed by atoms with E-state index in [4.69, 9.17) is 35.4 Å². The van der Waals surface area contributed by atoms with E-state index < -0.39 is 0 Å². The Balaban J connectivity index is 1.38. The number of aryl methyl sites for hydroxylation is 1. The number of benzene rings is 2. The van der Waals surface area contributed by atoms with E-state index in [0.29, 0.717) is 38.9 Å².